The molecule has 30 heavy (non-hydrogen) atoms. The van der Waals surface area contributed by atoms with E-state index in [0.717, 1.165) is 49.5 Å². The molecule has 3 rings (SSSR count). The van der Waals surface area contributed by atoms with Gasteiger partial charge < -0.3 is 10.1 Å². The van der Waals surface area contributed by atoms with Gasteiger partial charge in [0.15, 0.2) is 5.78 Å². The first-order chi connectivity index (χ1) is 14.4. The van der Waals surface area contributed by atoms with Crippen LogP contribution in [0.1, 0.15) is 51.5 Å². The largest absolute Gasteiger partial charge is 0.379 e. The Morgan fingerprint density at radius 2 is 1.67 bits per heavy atom. The Morgan fingerprint density at radius 1 is 0.967 bits per heavy atom. The van der Waals surface area contributed by atoms with E-state index in [1.54, 1.807) is 0 Å². The minimum atomic E-state index is -0.104. The van der Waals surface area contributed by atoms with Crippen molar-refractivity contribution >= 4 is 11.7 Å². The van der Waals surface area contributed by atoms with Crippen LogP contribution in [0.3, 0.4) is 0 Å². The zero-order valence-corrected chi connectivity index (χ0v) is 18.2. The van der Waals surface area contributed by atoms with Gasteiger partial charge in [-0.15, -0.1) is 0 Å². The summed E-state index contributed by atoms with van der Waals surface area (Å²) in [7, 11) is 0. The van der Waals surface area contributed by atoms with Crippen LogP contribution in [-0.2, 0) is 9.53 Å². The minimum Gasteiger partial charge on any atom is -0.379 e. The number of amides is 1. The van der Waals surface area contributed by atoms with Gasteiger partial charge in [-0.1, -0.05) is 42.0 Å². The first kappa shape index (κ1) is 22.2. The van der Waals surface area contributed by atoms with Crippen LogP contribution in [0.4, 0.5) is 0 Å². The van der Waals surface area contributed by atoms with Gasteiger partial charge in [-0.25, -0.2) is 0 Å². The Labute approximate surface area is 179 Å². The first-order valence-electron chi connectivity index (χ1n) is 10.7. The van der Waals surface area contributed by atoms with Crippen molar-refractivity contribution in [3.8, 4) is 0 Å². The second-order valence-electron chi connectivity index (χ2n) is 8.17. The van der Waals surface area contributed by atoms with Gasteiger partial charge in [-0.2, -0.15) is 0 Å². The van der Waals surface area contributed by atoms with E-state index in [-0.39, 0.29) is 30.6 Å². The van der Waals surface area contributed by atoms with Crippen molar-refractivity contribution in [1.82, 2.24) is 10.2 Å². The summed E-state index contributed by atoms with van der Waals surface area (Å²) < 4.78 is 5.44. The van der Waals surface area contributed by atoms with Crippen molar-refractivity contribution in [3.05, 3.63) is 70.3 Å². The van der Waals surface area contributed by atoms with E-state index >= 15 is 0 Å². The number of carbonyl (C=O) groups excluding carboxylic acids is 2. The van der Waals surface area contributed by atoms with Crippen LogP contribution in [0.2, 0.25) is 0 Å². The van der Waals surface area contributed by atoms with Crippen molar-refractivity contribution in [3.63, 3.8) is 0 Å². The zero-order chi connectivity index (χ0) is 21.5. The summed E-state index contributed by atoms with van der Waals surface area (Å²) in [6, 6.07) is 13.9. The number of ketones is 1. The molecular weight excluding hydrogens is 376 g/mol. The number of rotatable bonds is 8. The molecule has 0 aromatic heterocycles. The Bertz CT molecular complexity index is 870. The van der Waals surface area contributed by atoms with E-state index in [0.29, 0.717) is 5.56 Å². The molecule has 1 aliphatic rings. The normalized spacial score (nSPS) is 15.6. The van der Waals surface area contributed by atoms with Gasteiger partial charge in [0.05, 0.1) is 19.3 Å². The summed E-state index contributed by atoms with van der Waals surface area (Å²) >= 11 is 0. The summed E-state index contributed by atoms with van der Waals surface area (Å²) in [5, 5.41) is 3.15. The fourth-order valence-corrected chi connectivity index (χ4v) is 3.63. The molecule has 1 N–H and O–H groups in total. The standard InChI is InChI=1S/C25H32N2O3/c1-18-4-7-21(8-5-18)23(17-27-12-14-30-15-13-27)26-25(29)11-10-24(28)22-9-6-19(2)20(3)16-22/h4-9,16,23H,10-15,17H2,1-3H3,(H,26,29)/t23-/m0/s1. The Balaban J connectivity index is 1.61. The van der Waals surface area contributed by atoms with Crippen LogP contribution in [0.5, 0.6) is 0 Å². The lowest BCUT2D eigenvalue weighted by Gasteiger charge is -2.31. The lowest BCUT2D eigenvalue weighted by molar-refractivity contribution is -0.122. The Hall–Kier alpha value is -2.50. The third kappa shape index (κ3) is 6.25. The SMILES string of the molecule is Cc1ccc([C@H](CN2CCOCC2)NC(=O)CCC(=O)c2ccc(C)c(C)c2)cc1. The number of aryl methyl sites for hydroxylation is 3. The Morgan fingerprint density at radius 3 is 2.33 bits per heavy atom. The molecular formula is C25H32N2O3. The van der Waals surface area contributed by atoms with Gasteiger partial charge in [-0.05, 0) is 43.5 Å². The molecule has 0 radical (unpaired) electrons. The molecule has 0 unspecified atom stereocenters. The highest BCUT2D eigenvalue weighted by atomic mass is 16.5. The number of ether oxygens (including phenoxy) is 1. The van der Waals surface area contributed by atoms with E-state index < -0.39 is 0 Å². The molecule has 1 amide bonds. The fraction of sp³-hybridized carbons (Fsp3) is 0.440. The summed E-state index contributed by atoms with van der Waals surface area (Å²) in [6.07, 6.45) is 0.406. The molecule has 0 spiro atoms. The molecule has 0 bridgehead atoms. The lowest BCUT2D eigenvalue weighted by Crippen LogP contribution is -2.43. The predicted molar refractivity (Wildman–Crippen MR) is 119 cm³/mol. The van der Waals surface area contributed by atoms with E-state index in [2.05, 4.69) is 41.4 Å². The number of morpholine rings is 1. The smallest absolute Gasteiger partial charge is 0.220 e. The van der Waals surface area contributed by atoms with Crippen LogP contribution in [0.15, 0.2) is 42.5 Å². The van der Waals surface area contributed by atoms with Gasteiger partial charge in [-0.3, -0.25) is 14.5 Å². The first-order valence-corrected chi connectivity index (χ1v) is 10.7. The van der Waals surface area contributed by atoms with E-state index in [1.807, 2.05) is 32.0 Å². The maximum absolute atomic E-state index is 12.7. The van der Waals surface area contributed by atoms with Crippen LogP contribution in [0.25, 0.3) is 0 Å². The van der Waals surface area contributed by atoms with Crippen molar-refractivity contribution < 1.29 is 14.3 Å². The van der Waals surface area contributed by atoms with Crippen molar-refractivity contribution in [1.29, 1.82) is 0 Å². The molecule has 1 heterocycles. The number of hydrogen-bond acceptors (Lipinski definition) is 4. The maximum atomic E-state index is 12.7. The molecule has 1 aliphatic heterocycles. The highest BCUT2D eigenvalue weighted by Crippen LogP contribution is 2.18. The summed E-state index contributed by atoms with van der Waals surface area (Å²) in [5.41, 5.74) is 5.20. The molecule has 2 aromatic rings. The van der Waals surface area contributed by atoms with E-state index in [9.17, 15) is 9.59 Å². The second kappa shape index (κ2) is 10.5. The molecule has 0 saturated carbocycles. The van der Waals surface area contributed by atoms with Gasteiger partial charge in [0.2, 0.25) is 5.91 Å². The number of benzene rings is 2. The van der Waals surface area contributed by atoms with Crippen molar-refractivity contribution in [2.24, 2.45) is 0 Å². The molecule has 2 aromatic carbocycles. The van der Waals surface area contributed by atoms with E-state index in [4.69, 9.17) is 4.74 Å². The van der Waals surface area contributed by atoms with Crippen LogP contribution in [0, 0.1) is 20.8 Å². The lowest BCUT2D eigenvalue weighted by atomic mass is 10.0. The average Bonchev–Trinajstić information content (AvgIpc) is 2.75. The number of nitrogens with one attached hydrogen (secondary N) is 1. The third-order valence-electron chi connectivity index (χ3n) is 5.77. The number of nitrogens with zero attached hydrogens (tertiary/aromatic N) is 1. The monoisotopic (exact) mass is 408 g/mol. The van der Waals surface area contributed by atoms with Crippen LogP contribution < -0.4 is 5.32 Å². The quantitative estimate of drug-likeness (QED) is 0.676. The second-order valence-corrected chi connectivity index (χ2v) is 8.17. The minimum absolute atomic E-state index is 0.00770. The zero-order valence-electron chi connectivity index (χ0n) is 18.2. The fourth-order valence-electron chi connectivity index (χ4n) is 3.63. The third-order valence-corrected chi connectivity index (χ3v) is 5.77. The summed E-state index contributed by atoms with van der Waals surface area (Å²) in [6.45, 7) is 9.99. The molecule has 0 aliphatic carbocycles. The molecule has 5 nitrogen and oxygen atoms in total. The maximum Gasteiger partial charge on any atom is 0.220 e. The molecule has 5 heteroatoms. The van der Waals surface area contributed by atoms with Crippen LogP contribution in [-0.4, -0.2) is 49.4 Å². The molecule has 1 saturated heterocycles. The summed E-state index contributed by atoms with van der Waals surface area (Å²) in [4.78, 5) is 27.5. The van der Waals surface area contributed by atoms with Gasteiger partial charge >= 0.3 is 0 Å². The topological polar surface area (TPSA) is 58.6 Å². The van der Waals surface area contributed by atoms with E-state index in [1.165, 1.54) is 5.56 Å². The Kier molecular flexibility index (Phi) is 7.77. The van der Waals surface area contributed by atoms with Gasteiger partial charge in [0.1, 0.15) is 0 Å². The molecule has 1 atom stereocenters. The summed E-state index contributed by atoms with van der Waals surface area (Å²) in [5.74, 6) is -0.0840. The highest BCUT2D eigenvalue weighted by Gasteiger charge is 2.20. The van der Waals surface area contributed by atoms with Gasteiger partial charge in [0.25, 0.3) is 0 Å². The number of hydrogen-bond donors (Lipinski definition) is 1. The predicted octanol–water partition coefficient (Wildman–Crippen LogP) is 3.76. The highest BCUT2D eigenvalue weighted by molar-refractivity contribution is 5.98. The van der Waals surface area contributed by atoms with Gasteiger partial charge in [0, 0.05) is 38.0 Å². The van der Waals surface area contributed by atoms with Crippen LogP contribution >= 0.6 is 0 Å². The number of carbonyl (C=O) groups is 2. The number of Topliss-reactive ketones (excluding diaryl/α,β-unsaturated/α-hetero) is 1. The van der Waals surface area contributed by atoms with Crippen molar-refractivity contribution in [2.75, 3.05) is 32.8 Å². The molecule has 1 fully saturated rings. The molecule has 160 valence electrons. The van der Waals surface area contributed by atoms with Crippen molar-refractivity contribution in [2.45, 2.75) is 39.7 Å². The average molecular weight is 409 g/mol.